The van der Waals surface area contributed by atoms with Gasteiger partial charge in [-0.05, 0) is 52.7 Å². The van der Waals surface area contributed by atoms with E-state index in [-0.39, 0.29) is 16.1 Å². The van der Waals surface area contributed by atoms with Crippen molar-refractivity contribution in [3.8, 4) is 0 Å². The first kappa shape index (κ1) is 17.0. The van der Waals surface area contributed by atoms with E-state index in [9.17, 15) is 18.3 Å². The molecule has 0 saturated carbocycles. The van der Waals surface area contributed by atoms with Gasteiger partial charge in [0.05, 0.1) is 11.3 Å². The molecular weight excluding hydrogens is 438 g/mol. The molecule has 8 heteroatoms. The zero-order valence-corrected chi connectivity index (χ0v) is 15.3. The fourth-order valence-electron chi connectivity index (χ4n) is 1.92. The molecule has 0 heterocycles. The number of aryl methyl sites for hydroxylation is 1. The smallest absolute Gasteiger partial charge is 0.338 e. The van der Waals surface area contributed by atoms with Gasteiger partial charge in [0.25, 0.3) is 10.0 Å². The lowest BCUT2D eigenvalue weighted by atomic mass is 10.1. The molecule has 2 aromatic carbocycles. The molecule has 0 aliphatic carbocycles. The van der Waals surface area contributed by atoms with Crippen LogP contribution in [0.25, 0.3) is 0 Å². The summed E-state index contributed by atoms with van der Waals surface area (Å²) in [5, 5.41) is 9.26. The number of nitrogens with one attached hydrogen (secondary N) is 1. The molecule has 0 atom stereocenters. The van der Waals surface area contributed by atoms with Crippen molar-refractivity contribution < 1.29 is 18.3 Å². The Bertz CT molecular complexity index is 850. The summed E-state index contributed by atoms with van der Waals surface area (Å²) < 4.78 is 28.3. The molecule has 0 saturated heterocycles. The van der Waals surface area contributed by atoms with Gasteiger partial charge < -0.3 is 5.11 Å². The third kappa shape index (κ3) is 3.50. The van der Waals surface area contributed by atoms with Crippen LogP contribution in [0.15, 0.2) is 50.2 Å². The second kappa shape index (κ2) is 6.39. The van der Waals surface area contributed by atoms with Crippen molar-refractivity contribution in [2.24, 2.45) is 0 Å². The lowest BCUT2D eigenvalue weighted by molar-refractivity contribution is 0.0697. The van der Waals surface area contributed by atoms with Gasteiger partial charge in [-0.3, -0.25) is 4.72 Å². The summed E-state index contributed by atoms with van der Waals surface area (Å²) in [6, 6.07) is 9.33. The van der Waals surface area contributed by atoms with Crippen LogP contribution in [0.5, 0.6) is 0 Å². The summed E-state index contributed by atoms with van der Waals surface area (Å²) in [4.78, 5) is 11.3. The first-order valence-electron chi connectivity index (χ1n) is 6.03. The Labute approximate surface area is 144 Å². The summed E-state index contributed by atoms with van der Waals surface area (Å²) in [6.07, 6.45) is 0. The van der Waals surface area contributed by atoms with Crippen molar-refractivity contribution in [3.05, 3.63) is 56.5 Å². The maximum Gasteiger partial charge on any atom is 0.338 e. The van der Waals surface area contributed by atoms with Crippen LogP contribution >= 0.6 is 31.9 Å². The number of aromatic carboxylic acids is 1. The lowest BCUT2D eigenvalue weighted by Crippen LogP contribution is -2.16. The third-order valence-corrected chi connectivity index (χ3v) is 5.77. The Balaban J connectivity index is 2.53. The number of halogens is 2. The molecule has 2 aromatic rings. The highest BCUT2D eigenvalue weighted by molar-refractivity contribution is 9.11. The second-order valence-corrected chi connectivity index (χ2v) is 7.90. The number of hydrogen-bond acceptors (Lipinski definition) is 3. The summed E-state index contributed by atoms with van der Waals surface area (Å²) in [7, 11) is -3.93. The maximum atomic E-state index is 12.5. The first-order valence-corrected chi connectivity index (χ1v) is 9.10. The fourth-order valence-corrected chi connectivity index (χ4v) is 4.49. The van der Waals surface area contributed by atoms with E-state index in [4.69, 9.17) is 0 Å². The molecule has 0 radical (unpaired) electrons. The molecule has 22 heavy (non-hydrogen) atoms. The van der Waals surface area contributed by atoms with Gasteiger partial charge in [-0.2, -0.15) is 0 Å². The van der Waals surface area contributed by atoms with Gasteiger partial charge in [0.1, 0.15) is 4.90 Å². The highest BCUT2D eigenvalue weighted by Crippen LogP contribution is 2.29. The van der Waals surface area contributed by atoms with E-state index < -0.39 is 16.0 Å². The molecule has 0 aromatic heterocycles. The van der Waals surface area contributed by atoms with E-state index >= 15 is 0 Å². The van der Waals surface area contributed by atoms with Gasteiger partial charge in [-0.1, -0.05) is 28.1 Å². The molecule has 0 amide bonds. The molecule has 2 N–H and O–H groups in total. The zero-order valence-electron chi connectivity index (χ0n) is 11.3. The monoisotopic (exact) mass is 447 g/mol. The largest absolute Gasteiger partial charge is 0.478 e. The van der Waals surface area contributed by atoms with Crippen LogP contribution in [0, 0.1) is 6.92 Å². The molecule has 0 spiro atoms. The average Bonchev–Trinajstić information content (AvgIpc) is 2.40. The number of benzene rings is 2. The number of sulfonamides is 1. The van der Waals surface area contributed by atoms with E-state index in [0.717, 1.165) is 0 Å². The summed E-state index contributed by atoms with van der Waals surface area (Å²) in [6.45, 7) is 1.61. The Hall–Kier alpha value is -1.38. The van der Waals surface area contributed by atoms with Gasteiger partial charge >= 0.3 is 5.97 Å². The van der Waals surface area contributed by atoms with Crippen molar-refractivity contribution in [1.82, 2.24) is 0 Å². The van der Waals surface area contributed by atoms with E-state index in [1.807, 2.05) is 0 Å². The highest BCUT2D eigenvalue weighted by atomic mass is 79.9. The minimum atomic E-state index is -3.93. The van der Waals surface area contributed by atoms with E-state index in [1.54, 1.807) is 31.2 Å². The number of carboxylic acids is 1. The van der Waals surface area contributed by atoms with Gasteiger partial charge in [0.15, 0.2) is 0 Å². The second-order valence-electron chi connectivity index (χ2n) is 4.48. The zero-order chi connectivity index (χ0) is 16.5. The number of hydrogen-bond donors (Lipinski definition) is 2. The molecule has 0 bridgehead atoms. The Morgan fingerprint density at radius 2 is 1.86 bits per heavy atom. The van der Waals surface area contributed by atoms with E-state index in [2.05, 4.69) is 36.6 Å². The topological polar surface area (TPSA) is 83.5 Å². The van der Waals surface area contributed by atoms with Gasteiger partial charge in [0, 0.05) is 8.95 Å². The number of rotatable bonds is 4. The summed E-state index contributed by atoms with van der Waals surface area (Å²) in [5.74, 6) is -1.19. The third-order valence-electron chi connectivity index (χ3n) is 2.91. The van der Waals surface area contributed by atoms with Crippen molar-refractivity contribution >= 4 is 53.5 Å². The fraction of sp³-hybridized carbons (Fsp3) is 0.0714. The Morgan fingerprint density at radius 1 is 1.18 bits per heavy atom. The van der Waals surface area contributed by atoms with Crippen LogP contribution in [0.3, 0.4) is 0 Å². The standard InChI is InChI=1S/C14H11Br2NO4S/c1-8-3-2-4-11(13(8)14(18)19)17-22(20,21)12-7-9(15)5-6-10(12)16/h2-7,17H,1H3,(H,18,19). The summed E-state index contributed by atoms with van der Waals surface area (Å²) in [5.41, 5.74) is 0.428. The Morgan fingerprint density at radius 3 is 2.50 bits per heavy atom. The van der Waals surface area contributed by atoms with Crippen LogP contribution in [-0.4, -0.2) is 19.5 Å². The maximum absolute atomic E-state index is 12.5. The van der Waals surface area contributed by atoms with Gasteiger partial charge in [0.2, 0.25) is 0 Å². The van der Waals surface area contributed by atoms with Crippen molar-refractivity contribution in [2.75, 3.05) is 4.72 Å². The number of anilines is 1. The molecule has 0 fully saturated rings. The normalized spacial score (nSPS) is 11.2. The molecular formula is C14H11Br2NO4S. The predicted molar refractivity (Wildman–Crippen MR) is 90.8 cm³/mol. The number of carboxylic acid groups (broad SMARTS) is 1. The van der Waals surface area contributed by atoms with Crippen molar-refractivity contribution in [2.45, 2.75) is 11.8 Å². The molecule has 0 aliphatic rings. The van der Waals surface area contributed by atoms with Crippen molar-refractivity contribution in [1.29, 1.82) is 0 Å². The van der Waals surface area contributed by atoms with Crippen LogP contribution in [-0.2, 0) is 10.0 Å². The van der Waals surface area contributed by atoms with Crippen LogP contribution in [0.2, 0.25) is 0 Å². The van der Waals surface area contributed by atoms with Crippen molar-refractivity contribution in [3.63, 3.8) is 0 Å². The van der Waals surface area contributed by atoms with Crippen LogP contribution in [0.4, 0.5) is 5.69 Å². The molecule has 0 aliphatic heterocycles. The predicted octanol–water partition coefficient (Wildman–Crippen LogP) is 4.02. The molecule has 2 rings (SSSR count). The number of carbonyl (C=O) groups is 1. The molecule has 5 nitrogen and oxygen atoms in total. The van der Waals surface area contributed by atoms with Crippen LogP contribution < -0.4 is 4.72 Å². The van der Waals surface area contributed by atoms with Gasteiger partial charge in [-0.15, -0.1) is 0 Å². The average molecular weight is 449 g/mol. The van der Waals surface area contributed by atoms with Crippen LogP contribution in [0.1, 0.15) is 15.9 Å². The minimum Gasteiger partial charge on any atom is -0.478 e. The highest BCUT2D eigenvalue weighted by Gasteiger charge is 2.22. The molecule has 116 valence electrons. The first-order chi connectivity index (χ1) is 10.2. The lowest BCUT2D eigenvalue weighted by Gasteiger charge is -2.13. The minimum absolute atomic E-state index is 0.0136. The molecule has 0 unspecified atom stereocenters. The SMILES string of the molecule is Cc1cccc(NS(=O)(=O)c2cc(Br)ccc2Br)c1C(=O)O. The van der Waals surface area contributed by atoms with E-state index in [0.29, 0.717) is 14.5 Å². The summed E-state index contributed by atoms with van der Waals surface area (Å²) >= 11 is 6.40. The Kier molecular flexibility index (Phi) is 4.93. The van der Waals surface area contributed by atoms with E-state index in [1.165, 1.54) is 12.1 Å². The quantitative estimate of drug-likeness (QED) is 0.739. The van der Waals surface area contributed by atoms with Gasteiger partial charge in [-0.25, -0.2) is 13.2 Å².